The molecule has 0 aliphatic rings. The predicted octanol–water partition coefficient (Wildman–Crippen LogP) is 4.70. The maximum atomic E-state index is 13.4. The van der Waals surface area contributed by atoms with Crippen LogP contribution in [0.4, 0.5) is 17.6 Å². The molecule has 4 nitrogen and oxygen atoms in total. The van der Waals surface area contributed by atoms with E-state index in [2.05, 4.69) is 19.9 Å². The Morgan fingerprint density at radius 2 is 1.82 bits per heavy atom. The molecule has 0 atom stereocenters. The van der Waals surface area contributed by atoms with Crippen molar-refractivity contribution in [2.45, 2.75) is 12.6 Å². The molecule has 0 aliphatic heterocycles. The number of rotatable bonds is 4. The second-order valence-corrected chi connectivity index (χ2v) is 6.25. The molecule has 0 saturated heterocycles. The summed E-state index contributed by atoms with van der Waals surface area (Å²) in [6.07, 6.45) is 3.50. The van der Waals surface area contributed by atoms with Crippen LogP contribution in [0.2, 0.25) is 0 Å². The zero-order chi connectivity index (χ0) is 19.7. The number of pyridine rings is 3. The van der Waals surface area contributed by atoms with Crippen molar-refractivity contribution in [3.8, 4) is 0 Å². The van der Waals surface area contributed by atoms with Gasteiger partial charge in [0.2, 0.25) is 0 Å². The molecule has 0 aliphatic carbocycles. The van der Waals surface area contributed by atoms with Crippen LogP contribution in [0.5, 0.6) is 0 Å². The Morgan fingerprint density at radius 3 is 2.50 bits per heavy atom. The molecule has 4 heterocycles. The van der Waals surface area contributed by atoms with E-state index in [0.29, 0.717) is 28.7 Å². The van der Waals surface area contributed by atoms with Gasteiger partial charge in [-0.3, -0.25) is 9.97 Å². The molecule has 0 saturated carbocycles. The van der Waals surface area contributed by atoms with E-state index in [-0.39, 0.29) is 0 Å². The van der Waals surface area contributed by atoms with Gasteiger partial charge in [0.05, 0.1) is 6.20 Å². The zero-order valence-corrected chi connectivity index (χ0v) is 14.3. The molecule has 4 aromatic heterocycles. The third kappa shape index (κ3) is 3.85. The molecule has 8 heteroatoms. The maximum Gasteiger partial charge on any atom is 0.433 e. The lowest BCUT2D eigenvalue weighted by molar-refractivity contribution is -0.141. The van der Waals surface area contributed by atoms with Crippen molar-refractivity contribution < 1.29 is 17.6 Å². The van der Waals surface area contributed by atoms with Gasteiger partial charge in [0.15, 0.2) is 0 Å². The largest absolute Gasteiger partial charge is 0.433 e. The fraction of sp³-hybridized carbons (Fsp3) is 0.100. The van der Waals surface area contributed by atoms with Crippen LogP contribution in [-0.4, -0.2) is 19.9 Å². The highest BCUT2D eigenvalue weighted by Crippen LogP contribution is 2.27. The molecule has 0 spiro atoms. The third-order valence-electron chi connectivity index (χ3n) is 4.22. The topological polar surface area (TPSA) is 54.5 Å². The van der Waals surface area contributed by atoms with Crippen molar-refractivity contribution in [2.24, 2.45) is 0 Å². The summed E-state index contributed by atoms with van der Waals surface area (Å²) in [6, 6.07) is 7.34. The number of nitrogens with one attached hydrogen (secondary N) is 1. The van der Waals surface area contributed by atoms with Crippen molar-refractivity contribution in [1.29, 1.82) is 0 Å². The van der Waals surface area contributed by atoms with Crippen molar-refractivity contribution in [1.82, 2.24) is 19.9 Å². The highest BCUT2D eigenvalue weighted by atomic mass is 19.4. The van der Waals surface area contributed by atoms with Gasteiger partial charge in [0, 0.05) is 42.5 Å². The Hall–Kier alpha value is -3.29. The molecule has 0 amide bonds. The number of fused-ring (bicyclic) bond motifs is 1. The van der Waals surface area contributed by atoms with Gasteiger partial charge < -0.3 is 4.98 Å². The van der Waals surface area contributed by atoms with Crippen molar-refractivity contribution in [3.63, 3.8) is 0 Å². The summed E-state index contributed by atoms with van der Waals surface area (Å²) in [4.78, 5) is 14.7. The van der Waals surface area contributed by atoms with E-state index in [4.69, 9.17) is 0 Å². The Bertz CT molecular complexity index is 1100. The number of alkyl halides is 3. The van der Waals surface area contributed by atoms with E-state index >= 15 is 0 Å². The van der Waals surface area contributed by atoms with Crippen LogP contribution in [-0.2, 0) is 12.6 Å². The lowest BCUT2D eigenvalue weighted by atomic mass is 10.1. The Morgan fingerprint density at radius 1 is 0.964 bits per heavy atom. The molecule has 0 bridgehead atoms. The average molecular weight is 385 g/mol. The molecule has 141 valence electrons. The number of nitrogens with zero attached hydrogens (tertiary/aromatic N) is 3. The van der Waals surface area contributed by atoms with Crippen LogP contribution in [0.25, 0.3) is 11.0 Å². The molecule has 1 radical (unpaired) electrons. The smallest absolute Gasteiger partial charge is 0.346 e. The molecule has 4 aromatic rings. The lowest BCUT2D eigenvalue weighted by Crippen LogP contribution is -2.07. The Kier molecular flexibility index (Phi) is 4.54. The zero-order valence-electron chi connectivity index (χ0n) is 14.3. The second-order valence-electron chi connectivity index (χ2n) is 6.25. The number of hydrogen-bond acceptors (Lipinski definition) is 3. The molecule has 0 unspecified atom stereocenters. The minimum atomic E-state index is -4.46. The SMILES string of the molecule is Fc1cnc2[nH]cc(Cc3ccc([CH]c4ccc(C(F)(F)F)nc4)nc3)c2c1. The normalized spacial score (nSPS) is 11.9. The predicted molar refractivity (Wildman–Crippen MR) is 94.8 cm³/mol. The monoisotopic (exact) mass is 385 g/mol. The van der Waals surface area contributed by atoms with Crippen molar-refractivity contribution in [3.05, 3.63) is 95.4 Å². The first-order valence-electron chi connectivity index (χ1n) is 8.33. The first-order valence-corrected chi connectivity index (χ1v) is 8.33. The van der Waals surface area contributed by atoms with E-state index < -0.39 is 17.7 Å². The summed E-state index contributed by atoms with van der Waals surface area (Å²) in [6.45, 7) is 0. The van der Waals surface area contributed by atoms with Crippen LogP contribution < -0.4 is 0 Å². The first kappa shape index (κ1) is 18.1. The van der Waals surface area contributed by atoms with E-state index in [1.165, 1.54) is 12.1 Å². The van der Waals surface area contributed by atoms with E-state index in [1.54, 1.807) is 24.9 Å². The summed E-state index contributed by atoms with van der Waals surface area (Å²) in [7, 11) is 0. The summed E-state index contributed by atoms with van der Waals surface area (Å²) in [5, 5.41) is 0.714. The lowest BCUT2D eigenvalue weighted by Gasteiger charge is -2.07. The molecular formula is C20H13F4N4. The van der Waals surface area contributed by atoms with Crippen LogP contribution in [0.1, 0.15) is 28.1 Å². The number of H-pyrrole nitrogens is 1. The van der Waals surface area contributed by atoms with Gasteiger partial charge in [-0.15, -0.1) is 0 Å². The fourth-order valence-corrected chi connectivity index (χ4v) is 2.85. The van der Waals surface area contributed by atoms with Gasteiger partial charge in [-0.1, -0.05) is 12.1 Å². The standard InChI is InChI=1S/C20H13F4N4/c21-15-7-17-14(10-27-19(17)28-11-15)5-12-1-3-16(25-8-12)6-13-2-4-18(26-9-13)20(22,23)24/h1-4,6-11H,5H2,(H,27,28). The highest BCUT2D eigenvalue weighted by molar-refractivity contribution is 5.79. The molecule has 1 N–H and O–H groups in total. The van der Waals surface area contributed by atoms with E-state index in [1.807, 2.05) is 6.07 Å². The minimum absolute atomic E-state index is 0.401. The summed E-state index contributed by atoms with van der Waals surface area (Å²) in [5.41, 5.74) is 2.60. The molecule has 0 aromatic carbocycles. The summed E-state index contributed by atoms with van der Waals surface area (Å²) < 4.78 is 51.1. The van der Waals surface area contributed by atoms with Gasteiger partial charge in [0.25, 0.3) is 0 Å². The van der Waals surface area contributed by atoms with Crippen LogP contribution >= 0.6 is 0 Å². The molecule has 4 rings (SSSR count). The minimum Gasteiger partial charge on any atom is -0.346 e. The quantitative estimate of drug-likeness (QED) is 0.518. The Balaban J connectivity index is 1.47. The number of halogens is 4. The van der Waals surface area contributed by atoms with Gasteiger partial charge >= 0.3 is 6.18 Å². The van der Waals surface area contributed by atoms with Crippen molar-refractivity contribution in [2.75, 3.05) is 0 Å². The Labute approximate surface area is 157 Å². The van der Waals surface area contributed by atoms with Gasteiger partial charge in [-0.2, -0.15) is 13.2 Å². The summed E-state index contributed by atoms with van der Waals surface area (Å²) in [5.74, 6) is -0.401. The molecular weight excluding hydrogens is 372 g/mol. The average Bonchev–Trinajstić information content (AvgIpc) is 3.05. The second kappa shape index (κ2) is 7.03. The van der Waals surface area contributed by atoms with Crippen LogP contribution in [0.3, 0.4) is 0 Å². The molecule has 0 fully saturated rings. The number of hydrogen-bond donors (Lipinski definition) is 1. The van der Waals surface area contributed by atoms with E-state index in [0.717, 1.165) is 29.6 Å². The third-order valence-corrected chi connectivity index (χ3v) is 4.22. The first-order chi connectivity index (χ1) is 13.4. The number of aromatic amines is 1. The number of aromatic nitrogens is 4. The van der Waals surface area contributed by atoms with Gasteiger partial charge in [-0.25, -0.2) is 9.37 Å². The fourth-order valence-electron chi connectivity index (χ4n) is 2.85. The summed E-state index contributed by atoms with van der Waals surface area (Å²) >= 11 is 0. The maximum absolute atomic E-state index is 13.4. The van der Waals surface area contributed by atoms with Crippen molar-refractivity contribution >= 4 is 11.0 Å². The van der Waals surface area contributed by atoms with Gasteiger partial charge in [-0.05, 0) is 34.9 Å². The van der Waals surface area contributed by atoms with Gasteiger partial charge in [0.1, 0.15) is 17.2 Å². The van der Waals surface area contributed by atoms with Crippen LogP contribution in [0, 0.1) is 12.2 Å². The molecule has 28 heavy (non-hydrogen) atoms. The van der Waals surface area contributed by atoms with Crippen LogP contribution in [0.15, 0.2) is 55.1 Å². The highest BCUT2D eigenvalue weighted by Gasteiger charge is 2.31. The van der Waals surface area contributed by atoms with E-state index in [9.17, 15) is 17.6 Å².